The number of rotatable bonds is 8. The van der Waals surface area contributed by atoms with Crippen molar-refractivity contribution in [1.82, 2.24) is 9.55 Å². The maximum absolute atomic E-state index is 12.8. The summed E-state index contributed by atoms with van der Waals surface area (Å²) < 4.78 is 30.3. The predicted octanol–water partition coefficient (Wildman–Crippen LogP) is 4.91. The van der Waals surface area contributed by atoms with E-state index in [9.17, 15) is 4.79 Å². The van der Waals surface area contributed by atoms with Crippen LogP contribution in [0.2, 0.25) is 0 Å². The predicted molar refractivity (Wildman–Crippen MR) is 133 cm³/mol. The number of hydrogen-bond donors (Lipinski definition) is 0. The monoisotopic (exact) mass is 472 g/mol. The molecule has 0 aliphatic heterocycles. The molecule has 3 aromatic carbocycles. The van der Waals surface area contributed by atoms with Crippen LogP contribution in [-0.2, 0) is 6.54 Å². The summed E-state index contributed by atoms with van der Waals surface area (Å²) in [7, 11) is 4.61. The highest BCUT2D eigenvalue weighted by Crippen LogP contribution is 2.41. The molecule has 0 unspecified atom stereocenters. The maximum atomic E-state index is 12.8. The normalized spacial score (nSPS) is 11.1. The Morgan fingerprint density at radius 2 is 1.69 bits per heavy atom. The van der Waals surface area contributed by atoms with Gasteiger partial charge in [0.25, 0.3) is 0 Å². The summed E-state index contributed by atoms with van der Waals surface area (Å²) in [6.45, 7) is 1.07. The van der Waals surface area contributed by atoms with Gasteiger partial charge in [0.05, 0.1) is 50.6 Å². The van der Waals surface area contributed by atoms with Crippen molar-refractivity contribution >= 4 is 22.0 Å². The van der Waals surface area contributed by atoms with Crippen LogP contribution in [0.1, 0.15) is 0 Å². The van der Waals surface area contributed by atoms with Crippen LogP contribution >= 0.6 is 0 Å². The van der Waals surface area contributed by atoms with Gasteiger partial charge in [0.1, 0.15) is 23.7 Å². The molecular weight excluding hydrogens is 448 g/mol. The second kappa shape index (κ2) is 9.42. The Balaban J connectivity index is 1.43. The fourth-order valence-electron chi connectivity index (χ4n) is 4.04. The lowest BCUT2D eigenvalue weighted by Crippen LogP contribution is -2.07. The van der Waals surface area contributed by atoms with E-state index in [1.165, 1.54) is 27.4 Å². The van der Waals surface area contributed by atoms with Gasteiger partial charge in [-0.2, -0.15) is 0 Å². The van der Waals surface area contributed by atoms with E-state index in [0.29, 0.717) is 58.4 Å². The molecule has 0 aliphatic rings. The van der Waals surface area contributed by atoms with Gasteiger partial charge < -0.3 is 27.9 Å². The summed E-state index contributed by atoms with van der Waals surface area (Å²) in [5, 5.41) is 0.467. The zero-order valence-electron chi connectivity index (χ0n) is 19.6. The van der Waals surface area contributed by atoms with Crippen LogP contribution in [0.25, 0.3) is 33.3 Å². The largest absolute Gasteiger partial charge is 0.493 e. The summed E-state index contributed by atoms with van der Waals surface area (Å²) in [5.74, 6) is 2.38. The summed E-state index contributed by atoms with van der Waals surface area (Å²) in [4.78, 5) is 17.2. The molecule has 0 N–H and O–H groups in total. The van der Waals surface area contributed by atoms with Gasteiger partial charge in [0.15, 0.2) is 16.9 Å². The fourth-order valence-corrected chi connectivity index (χ4v) is 4.04. The van der Waals surface area contributed by atoms with Crippen LogP contribution in [-0.4, -0.2) is 37.5 Å². The quantitative estimate of drug-likeness (QED) is 0.317. The van der Waals surface area contributed by atoms with Crippen molar-refractivity contribution < 1.29 is 23.4 Å². The van der Waals surface area contributed by atoms with Crippen LogP contribution in [0.5, 0.6) is 23.0 Å². The van der Waals surface area contributed by atoms with Crippen molar-refractivity contribution in [3.63, 3.8) is 0 Å². The van der Waals surface area contributed by atoms with E-state index in [2.05, 4.69) is 4.98 Å². The van der Waals surface area contributed by atoms with E-state index in [1.54, 1.807) is 36.7 Å². The van der Waals surface area contributed by atoms with E-state index in [4.69, 9.17) is 23.4 Å². The number of aromatic nitrogens is 2. The minimum Gasteiger partial charge on any atom is -0.493 e. The van der Waals surface area contributed by atoms with Crippen molar-refractivity contribution in [2.75, 3.05) is 27.9 Å². The molecular formula is C27H24N2O6. The Hall–Kier alpha value is -4.46. The molecule has 0 radical (unpaired) electrons. The van der Waals surface area contributed by atoms with E-state index in [-0.39, 0.29) is 5.43 Å². The molecule has 0 aliphatic carbocycles. The van der Waals surface area contributed by atoms with Crippen LogP contribution in [0.4, 0.5) is 0 Å². The first-order valence-electron chi connectivity index (χ1n) is 11.0. The summed E-state index contributed by atoms with van der Waals surface area (Å²) in [6, 6.07) is 18.1. The van der Waals surface area contributed by atoms with Gasteiger partial charge in [-0.25, -0.2) is 4.98 Å². The first-order chi connectivity index (χ1) is 17.1. The molecule has 0 saturated carbocycles. The van der Waals surface area contributed by atoms with Crippen LogP contribution in [0.15, 0.2) is 76.2 Å². The smallest absolute Gasteiger partial charge is 0.203 e. The summed E-state index contributed by atoms with van der Waals surface area (Å²) >= 11 is 0. The molecule has 0 fully saturated rings. The molecule has 0 bridgehead atoms. The highest BCUT2D eigenvalue weighted by molar-refractivity contribution is 5.80. The Bertz CT molecular complexity index is 1540. The minimum absolute atomic E-state index is 0.161. The maximum Gasteiger partial charge on any atom is 0.203 e. The Kier molecular flexibility index (Phi) is 6.01. The van der Waals surface area contributed by atoms with Crippen molar-refractivity contribution in [3.05, 3.63) is 77.2 Å². The molecule has 0 saturated heterocycles. The third-order valence-electron chi connectivity index (χ3n) is 5.78. The Morgan fingerprint density at radius 1 is 0.914 bits per heavy atom. The first-order valence-corrected chi connectivity index (χ1v) is 11.0. The van der Waals surface area contributed by atoms with Crippen LogP contribution < -0.4 is 24.4 Å². The number of imidazole rings is 1. The van der Waals surface area contributed by atoms with Crippen molar-refractivity contribution in [2.45, 2.75) is 6.54 Å². The SMILES string of the molecule is COc1cc(-c2cc(=O)c3ccc(OCCn4cnc5ccccc54)cc3o2)cc(OC)c1OC. The molecule has 5 aromatic rings. The molecule has 5 rings (SSSR count). The number of hydrogen-bond acceptors (Lipinski definition) is 7. The number of methoxy groups -OCH3 is 3. The minimum atomic E-state index is -0.161. The zero-order chi connectivity index (χ0) is 24.4. The lowest BCUT2D eigenvalue weighted by molar-refractivity contribution is 0.300. The van der Waals surface area contributed by atoms with Gasteiger partial charge in [-0.3, -0.25) is 4.79 Å². The number of fused-ring (bicyclic) bond motifs is 2. The van der Waals surface area contributed by atoms with Gasteiger partial charge in [0, 0.05) is 17.7 Å². The van der Waals surface area contributed by atoms with Crippen molar-refractivity contribution in [1.29, 1.82) is 0 Å². The fraction of sp³-hybridized carbons (Fsp3) is 0.185. The topological polar surface area (TPSA) is 85.0 Å². The average molecular weight is 472 g/mol. The third kappa shape index (κ3) is 4.26. The van der Waals surface area contributed by atoms with E-state index < -0.39 is 0 Å². The first kappa shape index (κ1) is 22.3. The van der Waals surface area contributed by atoms with Gasteiger partial charge >= 0.3 is 0 Å². The standard InChI is InChI=1S/C27H24N2O6/c1-31-25-12-17(13-26(32-2)27(25)33-3)23-15-22(30)19-9-8-18(14-24(19)35-23)34-11-10-29-16-28-20-6-4-5-7-21(20)29/h4-9,12-16H,10-11H2,1-3H3. The molecule has 8 heteroatoms. The Labute approximate surface area is 201 Å². The molecule has 2 heterocycles. The van der Waals surface area contributed by atoms with Crippen LogP contribution in [0.3, 0.4) is 0 Å². The molecule has 35 heavy (non-hydrogen) atoms. The molecule has 0 amide bonds. The molecule has 2 aromatic heterocycles. The van der Waals surface area contributed by atoms with E-state index >= 15 is 0 Å². The molecule has 178 valence electrons. The second-order valence-electron chi connectivity index (χ2n) is 7.82. The number of para-hydroxylation sites is 2. The molecule has 0 atom stereocenters. The lowest BCUT2D eigenvalue weighted by atomic mass is 10.1. The Morgan fingerprint density at radius 3 is 2.43 bits per heavy atom. The second-order valence-corrected chi connectivity index (χ2v) is 7.82. The van der Waals surface area contributed by atoms with Gasteiger partial charge in [-0.15, -0.1) is 0 Å². The van der Waals surface area contributed by atoms with E-state index in [0.717, 1.165) is 11.0 Å². The third-order valence-corrected chi connectivity index (χ3v) is 5.78. The van der Waals surface area contributed by atoms with Gasteiger partial charge in [0.2, 0.25) is 5.75 Å². The number of benzene rings is 3. The van der Waals surface area contributed by atoms with Crippen molar-refractivity contribution in [3.8, 4) is 34.3 Å². The zero-order valence-corrected chi connectivity index (χ0v) is 19.6. The number of nitrogens with zero attached hydrogens (tertiary/aromatic N) is 2. The van der Waals surface area contributed by atoms with Gasteiger partial charge in [-0.1, -0.05) is 12.1 Å². The summed E-state index contributed by atoms with van der Waals surface area (Å²) in [5.41, 5.74) is 2.88. The van der Waals surface area contributed by atoms with Gasteiger partial charge in [-0.05, 0) is 36.4 Å². The van der Waals surface area contributed by atoms with Crippen LogP contribution in [0, 0.1) is 0 Å². The average Bonchev–Trinajstić information content (AvgIpc) is 3.30. The van der Waals surface area contributed by atoms with Crippen molar-refractivity contribution in [2.24, 2.45) is 0 Å². The highest BCUT2D eigenvalue weighted by atomic mass is 16.5. The summed E-state index contributed by atoms with van der Waals surface area (Å²) in [6.07, 6.45) is 1.80. The van der Waals surface area contributed by atoms with E-state index in [1.807, 2.05) is 28.8 Å². The number of ether oxygens (including phenoxy) is 4. The highest BCUT2D eigenvalue weighted by Gasteiger charge is 2.16. The lowest BCUT2D eigenvalue weighted by Gasteiger charge is -2.14. The molecule has 0 spiro atoms. The molecule has 8 nitrogen and oxygen atoms in total.